The Morgan fingerprint density at radius 2 is 2.28 bits per heavy atom. The number of pyridine rings is 1. The van der Waals surface area contributed by atoms with Gasteiger partial charge in [0.15, 0.2) is 0 Å². The average Bonchev–Trinajstić information content (AvgIpc) is 2.35. The molecular weight excluding hydrogens is 270 g/mol. The highest BCUT2D eigenvalue weighted by molar-refractivity contribution is 7.98. The van der Waals surface area contributed by atoms with E-state index in [4.69, 9.17) is 11.6 Å². The fourth-order valence-electron chi connectivity index (χ4n) is 1.43. The number of carbonyl (C=O) groups is 1. The van der Waals surface area contributed by atoms with Gasteiger partial charge in [-0.1, -0.05) is 11.6 Å². The lowest BCUT2D eigenvalue weighted by atomic mass is 10.2. The van der Waals surface area contributed by atoms with E-state index in [-0.39, 0.29) is 11.9 Å². The molecule has 1 aromatic heterocycles. The quantitative estimate of drug-likeness (QED) is 0.790. The van der Waals surface area contributed by atoms with Crippen LogP contribution >= 0.6 is 23.4 Å². The highest BCUT2D eigenvalue weighted by Crippen LogP contribution is 2.14. The third kappa shape index (κ3) is 4.74. The van der Waals surface area contributed by atoms with Gasteiger partial charge >= 0.3 is 0 Å². The minimum absolute atomic E-state index is 0.121. The molecular formula is C12H18ClN3OS. The highest BCUT2D eigenvalue weighted by Gasteiger charge is 2.11. The Bertz CT molecular complexity index is 414. The van der Waals surface area contributed by atoms with Crippen LogP contribution in [-0.4, -0.2) is 36.0 Å². The SMILES string of the molecule is CNc1cc(C(=O)NC(C)CCSC)cc(Cl)n1. The summed E-state index contributed by atoms with van der Waals surface area (Å²) >= 11 is 7.63. The number of amides is 1. The van der Waals surface area contributed by atoms with Crippen LogP contribution in [0.25, 0.3) is 0 Å². The second-order valence-electron chi connectivity index (χ2n) is 3.97. The number of nitrogens with one attached hydrogen (secondary N) is 2. The zero-order valence-corrected chi connectivity index (χ0v) is 12.4. The van der Waals surface area contributed by atoms with Gasteiger partial charge in [-0.25, -0.2) is 4.98 Å². The van der Waals surface area contributed by atoms with E-state index >= 15 is 0 Å². The molecule has 0 radical (unpaired) electrons. The normalized spacial score (nSPS) is 12.0. The fraction of sp³-hybridized carbons (Fsp3) is 0.500. The number of halogens is 1. The molecule has 0 aliphatic carbocycles. The maximum Gasteiger partial charge on any atom is 0.251 e. The van der Waals surface area contributed by atoms with Gasteiger partial charge in [-0.2, -0.15) is 11.8 Å². The Hall–Kier alpha value is -0.940. The Balaban J connectivity index is 2.68. The first kappa shape index (κ1) is 15.1. The first-order valence-electron chi connectivity index (χ1n) is 5.72. The van der Waals surface area contributed by atoms with E-state index in [2.05, 4.69) is 21.9 Å². The Kier molecular flexibility index (Phi) is 6.29. The summed E-state index contributed by atoms with van der Waals surface area (Å²) in [7, 11) is 1.74. The van der Waals surface area contributed by atoms with Crippen LogP contribution in [0.2, 0.25) is 5.15 Å². The van der Waals surface area contributed by atoms with E-state index < -0.39 is 0 Å². The molecule has 0 saturated carbocycles. The molecule has 0 aliphatic rings. The number of carbonyl (C=O) groups excluding carboxylic acids is 1. The number of thioether (sulfide) groups is 1. The molecule has 0 aromatic carbocycles. The standard InChI is InChI=1S/C12H18ClN3OS/c1-8(4-5-18-3)15-12(17)9-6-10(13)16-11(7-9)14-2/h6-8H,4-5H2,1-3H3,(H,14,16)(H,15,17). The van der Waals surface area contributed by atoms with Crippen LogP contribution < -0.4 is 10.6 Å². The smallest absolute Gasteiger partial charge is 0.251 e. The number of rotatable bonds is 6. The van der Waals surface area contributed by atoms with Gasteiger partial charge in [-0.3, -0.25) is 4.79 Å². The molecule has 0 fully saturated rings. The third-order valence-corrected chi connectivity index (χ3v) is 3.28. The third-order valence-electron chi connectivity index (χ3n) is 2.44. The Morgan fingerprint density at radius 1 is 1.56 bits per heavy atom. The molecule has 1 unspecified atom stereocenters. The van der Waals surface area contributed by atoms with Crippen molar-refractivity contribution in [2.75, 3.05) is 24.4 Å². The van der Waals surface area contributed by atoms with Crippen LogP contribution in [0, 0.1) is 0 Å². The van der Waals surface area contributed by atoms with E-state index in [1.165, 1.54) is 0 Å². The van der Waals surface area contributed by atoms with Crippen LogP contribution in [0.4, 0.5) is 5.82 Å². The van der Waals surface area contributed by atoms with Gasteiger partial charge in [0.05, 0.1) is 0 Å². The highest BCUT2D eigenvalue weighted by atomic mass is 35.5. The summed E-state index contributed by atoms with van der Waals surface area (Å²) in [5.41, 5.74) is 0.523. The van der Waals surface area contributed by atoms with Gasteiger partial charge in [0.2, 0.25) is 0 Å². The van der Waals surface area contributed by atoms with Crippen molar-refractivity contribution in [3.05, 3.63) is 22.8 Å². The van der Waals surface area contributed by atoms with E-state index in [9.17, 15) is 4.79 Å². The number of hydrogen-bond donors (Lipinski definition) is 2. The van der Waals surface area contributed by atoms with Crippen LogP contribution in [0.15, 0.2) is 12.1 Å². The van der Waals surface area contributed by atoms with Crippen molar-refractivity contribution in [2.24, 2.45) is 0 Å². The van der Waals surface area contributed by atoms with Crippen molar-refractivity contribution in [2.45, 2.75) is 19.4 Å². The Morgan fingerprint density at radius 3 is 2.89 bits per heavy atom. The van der Waals surface area contributed by atoms with Gasteiger partial charge < -0.3 is 10.6 Å². The Labute approximate surface area is 117 Å². The molecule has 1 amide bonds. The van der Waals surface area contributed by atoms with E-state index in [0.717, 1.165) is 12.2 Å². The van der Waals surface area contributed by atoms with Crippen molar-refractivity contribution < 1.29 is 4.79 Å². The lowest BCUT2D eigenvalue weighted by molar-refractivity contribution is 0.0939. The summed E-state index contributed by atoms with van der Waals surface area (Å²) in [6.45, 7) is 2.00. The number of hydrogen-bond acceptors (Lipinski definition) is 4. The maximum atomic E-state index is 12.0. The molecule has 1 heterocycles. The predicted octanol–water partition coefficient (Wildman–Crippen LogP) is 2.65. The molecule has 0 aliphatic heterocycles. The summed E-state index contributed by atoms with van der Waals surface area (Å²) < 4.78 is 0. The number of aromatic nitrogens is 1. The molecule has 0 saturated heterocycles. The van der Waals surface area contributed by atoms with Crippen molar-refractivity contribution in [1.82, 2.24) is 10.3 Å². The largest absolute Gasteiger partial charge is 0.373 e. The van der Waals surface area contributed by atoms with Crippen molar-refractivity contribution in [1.29, 1.82) is 0 Å². The maximum absolute atomic E-state index is 12.0. The van der Waals surface area contributed by atoms with Gasteiger partial charge in [-0.05, 0) is 37.5 Å². The molecule has 4 nitrogen and oxygen atoms in total. The van der Waals surface area contributed by atoms with Crippen LogP contribution in [0.3, 0.4) is 0 Å². The summed E-state index contributed by atoms with van der Waals surface area (Å²) in [6, 6.07) is 3.40. The summed E-state index contributed by atoms with van der Waals surface area (Å²) in [5.74, 6) is 1.49. The molecule has 100 valence electrons. The van der Waals surface area contributed by atoms with Gasteiger partial charge in [0.25, 0.3) is 5.91 Å². The van der Waals surface area contributed by atoms with Crippen LogP contribution in [-0.2, 0) is 0 Å². The average molecular weight is 288 g/mol. The van der Waals surface area contributed by atoms with Crippen LogP contribution in [0.1, 0.15) is 23.7 Å². The zero-order valence-electron chi connectivity index (χ0n) is 10.8. The lowest BCUT2D eigenvalue weighted by Crippen LogP contribution is -2.33. The molecule has 0 spiro atoms. The molecule has 1 atom stereocenters. The van der Waals surface area contributed by atoms with E-state index in [1.54, 1.807) is 30.9 Å². The molecule has 1 aromatic rings. The van der Waals surface area contributed by atoms with Gasteiger partial charge in [0, 0.05) is 18.7 Å². The van der Waals surface area contributed by atoms with Crippen LogP contribution in [0.5, 0.6) is 0 Å². The van der Waals surface area contributed by atoms with Gasteiger partial charge in [0.1, 0.15) is 11.0 Å². The first-order chi connectivity index (χ1) is 8.56. The van der Waals surface area contributed by atoms with Crippen molar-refractivity contribution >= 4 is 35.1 Å². The van der Waals surface area contributed by atoms with E-state index in [1.807, 2.05) is 6.92 Å². The minimum atomic E-state index is -0.121. The molecule has 2 N–H and O–H groups in total. The predicted molar refractivity (Wildman–Crippen MR) is 78.7 cm³/mol. The second kappa shape index (κ2) is 7.48. The molecule has 18 heavy (non-hydrogen) atoms. The van der Waals surface area contributed by atoms with Crippen molar-refractivity contribution in [3.8, 4) is 0 Å². The topological polar surface area (TPSA) is 54.0 Å². The number of anilines is 1. The fourth-order valence-corrected chi connectivity index (χ4v) is 2.23. The summed E-state index contributed by atoms with van der Waals surface area (Å²) in [5, 5.41) is 6.12. The molecule has 1 rings (SSSR count). The van der Waals surface area contributed by atoms with Gasteiger partial charge in [-0.15, -0.1) is 0 Å². The zero-order chi connectivity index (χ0) is 13.5. The molecule has 6 heteroatoms. The lowest BCUT2D eigenvalue weighted by Gasteiger charge is -2.13. The number of nitrogens with zero attached hydrogens (tertiary/aromatic N) is 1. The van der Waals surface area contributed by atoms with E-state index in [0.29, 0.717) is 16.5 Å². The minimum Gasteiger partial charge on any atom is -0.373 e. The van der Waals surface area contributed by atoms with Crippen molar-refractivity contribution in [3.63, 3.8) is 0 Å². The summed E-state index contributed by atoms with van der Waals surface area (Å²) in [4.78, 5) is 16.0. The summed E-state index contributed by atoms with van der Waals surface area (Å²) in [6.07, 6.45) is 3.00. The second-order valence-corrected chi connectivity index (χ2v) is 5.34. The monoisotopic (exact) mass is 287 g/mol. The molecule has 0 bridgehead atoms. The first-order valence-corrected chi connectivity index (χ1v) is 7.49.